The Morgan fingerprint density at radius 1 is 1.15 bits per heavy atom. The van der Waals surface area contributed by atoms with Gasteiger partial charge in [0.05, 0.1) is 19.8 Å². The number of nitrogens with two attached hydrogens (primary N) is 1. The zero-order valence-electron chi connectivity index (χ0n) is 15.6. The maximum absolute atomic E-state index is 6.92. The van der Waals surface area contributed by atoms with Gasteiger partial charge >= 0.3 is 0 Å². The Morgan fingerprint density at radius 2 is 1.89 bits per heavy atom. The Labute approximate surface area is 160 Å². The molecule has 0 amide bonds. The van der Waals surface area contributed by atoms with E-state index >= 15 is 0 Å². The lowest BCUT2D eigenvalue weighted by atomic mass is 9.90. The number of rotatable bonds is 4. The number of hydrogen-bond acceptors (Lipinski definition) is 6. The summed E-state index contributed by atoms with van der Waals surface area (Å²) in [6.07, 6.45) is 0.565. The largest absolute Gasteiger partial charge is 0.494 e. The molecule has 1 fully saturated rings. The predicted molar refractivity (Wildman–Crippen MR) is 107 cm³/mol. The Bertz CT molecular complexity index is 832. The van der Waals surface area contributed by atoms with Gasteiger partial charge in [0.25, 0.3) is 0 Å². The molecule has 1 unspecified atom stereocenters. The second kappa shape index (κ2) is 7.58. The number of benzene rings is 2. The van der Waals surface area contributed by atoms with Crippen molar-refractivity contribution < 1.29 is 9.47 Å². The molecule has 142 valence electrons. The summed E-state index contributed by atoms with van der Waals surface area (Å²) in [6.45, 7) is 5.62. The van der Waals surface area contributed by atoms with Gasteiger partial charge in [0.15, 0.2) is 0 Å². The number of nitrogens with zero attached hydrogens (tertiary/aromatic N) is 2. The van der Waals surface area contributed by atoms with Gasteiger partial charge in [-0.15, -0.1) is 0 Å². The molecule has 2 aliphatic rings. The fourth-order valence-corrected chi connectivity index (χ4v) is 3.66. The van der Waals surface area contributed by atoms with E-state index in [2.05, 4.69) is 22.3 Å². The highest BCUT2D eigenvalue weighted by Crippen LogP contribution is 2.36. The molecule has 1 atom stereocenters. The first-order chi connectivity index (χ1) is 13.2. The van der Waals surface area contributed by atoms with Crippen molar-refractivity contribution in [1.82, 2.24) is 4.90 Å². The van der Waals surface area contributed by atoms with Crippen molar-refractivity contribution in [2.45, 2.75) is 19.0 Å². The van der Waals surface area contributed by atoms with Crippen LogP contribution in [0.4, 0.5) is 5.69 Å². The normalized spacial score (nSPS) is 21.9. The van der Waals surface area contributed by atoms with Crippen molar-refractivity contribution in [3.8, 4) is 5.75 Å². The maximum atomic E-state index is 6.92. The lowest BCUT2D eigenvalue weighted by molar-refractivity contribution is 0.0674. The third-order valence-electron chi connectivity index (χ3n) is 4.99. The summed E-state index contributed by atoms with van der Waals surface area (Å²) < 4.78 is 11.3. The Hall–Kier alpha value is -2.57. The van der Waals surface area contributed by atoms with E-state index in [0.29, 0.717) is 26.2 Å². The monoisotopic (exact) mass is 366 g/mol. The van der Waals surface area contributed by atoms with Crippen LogP contribution in [0.25, 0.3) is 0 Å². The van der Waals surface area contributed by atoms with E-state index in [-0.39, 0.29) is 0 Å². The average Bonchev–Trinajstić information content (AvgIpc) is 2.70. The van der Waals surface area contributed by atoms with Crippen LogP contribution in [0.15, 0.2) is 53.5 Å². The number of morpholine rings is 1. The molecular weight excluding hydrogens is 340 g/mol. The molecule has 2 heterocycles. The molecule has 6 nitrogen and oxygen atoms in total. The number of aliphatic imine (C=N–C) groups is 1. The highest BCUT2D eigenvalue weighted by molar-refractivity contribution is 5.96. The number of ether oxygens (including phenoxy) is 2. The van der Waals surface area contributed by atoms with Gasteiger partial charge in [-0.25, -0.2) is 4.99 Å². The van der Waals surface area contributed by atoms with Crippen LogP contribution in [0.3, 0.4) is 0 Å². The Morgan fingerprint density at radius 3 is 2.70 bits per heavy atom. The van der Waals surface area contributed by atoms with E-state index in [1.54, 1.807) is 0 Å². The van der Waals surface area contributed by atoms with Crippen LogP contribution in [0.1, 0.15) is 18.1 Å². The molecule has 0 bridgehead atoms. The summed E-state index contributed by atoms with van der Waals surface area (Å²) in [5.74, 6) is 1.68. The minimum Gasteiger partial charge on any atom is -0.494 e. The highest BCUT2D eigenvalue weighted by Gasteiger charge is 2.36. The van der Waals surface area contributed by atoms with Crippen molar-refractivity contribution in [3.05, 3.63) is 59.7 Å². The molecule has 3 N–H and O–H groups in total. The summed E-state index contributed by atoms with van der Waals surface area (Å²) >= 11 is 0. The molecule has 0 aliphatic carbocycles. The highest BCUT2D eigenvalue weighted by atomic mass is 16.5. The van der Waals surface area contributed by atoms with Gasteiger partial charge < -0.3 is 25.4 Å². The summed E-state index contributed by atoms with van der Waals surface area (Å²) in [5.41, 5.74) is 9.12. The topological polar surface area (TPSA) is 72.1 Å². The number of guanidine groups is 1. The van der Waals surface area contributed by atoms with E-state index in [9.17, 15) is 0 Å². The second-order valence-corrected chi connectivity index (χ2v) is 6.85. The zero-order chi connectivity index (χ0) is 18.7. The number of nitrogens with one attached hydrogen (secondary N) is 1. The number of anilines is 1. The van der Waals surface area contributed by atoms with E-state index in [0.717, 1.165) is 41.6 Å². The molecule has 2 aliphatic heterocycles. The second-order valence-electron chi connectivity index (χ2n) is 6.85. The first-order valence-electron chi connectivity index (χ1n) is 9.48. The quantitative estimate of drug-likeness (QED) is 0.870. The predicted octanol–water partition coefficient (Wildman–Crippen LogP) is 2.55. The Kier molecular flexibility index (Phi) is 5.01. The third-order valence-corrected chi connectivity index (χ3v) is 4.99. The van der Waals surface area contributed by atoms with Crippen LogP contribution in [0, 0.1) is 0 Å². The summed E-state index contributed by atoms with van der Waals surface area (Å²) in [5, 5.41) is 3.46. The lowest BCUT2D eigenvalue weighted by Crippen LogP contribution is -2.50. The van der Waals surface area contributed by atoms with E-state index in [4.69, 9.17) is 20.2 Å². The van der Waals surface area contributed by atoms with Crippen LogP contribution in [0.2, 0.25) is 0 Å². The summed E-state index contributed by atoms with van der Waals surface area (Å²) in [7, 11) is 0. The standard InChI is InChI=1S/C21H26N4O2/c1-2-27-19-10-6-3-7-16(19)15-21(22)17-8-4-5-9-18(17)23-20(24-21)25-11-13-26-14-12-25/h3-10H,2,11-15,22H2,1H3,(H,23,24). The molecule has 27 heavy (non-hydrogen) atoms. The fraction of sp³-hybridized carbons (Fsp3) is 0.381. The third kappa shape index (κ3) is 3.63. The fourth-order valence-electron chi connectivity index (χ4n) is 3.66. The molecule has 2 aromatic carbocycles. The van der Waals surface area contributed by atoms with Gasteiger partial charge in [0, 0.05) is 30.8 Å². The van der Waals surface area contributed by atoms with Crippen LogP contribution in [-0.4, -0.2) is 43.8 Å². The van der Waals surface area contributed by atoms with E-state index in [1.165, 1.54) is 0 Å². The molecule has 2 aromatic rings. The zero-order valence-corrected chi connectivity index (χ0v) is 15.6. The number of hydrogen-bond donors (Lipinski definition) is 2. The summed E-state index contributed by atoms with van der Waals surface area (Å²) in [4.78, 5) is 7.18. The van der Waals surface area contributed by atoms with Crippen LogP contribution in [-0.2, 0) is 16.8 Å². The van der Waals surface area contributed by atoms with E-state index < -0.39 is 5.66 Å². The van der Waals surface area contributed by atoms with Crippen molar-refractivity contribution in [3.63, 3.8) is 0 Å². The lowest BCUT2D eigenvalue weighted by Gasteiger charge is -2.38. The number of fused-ring (bicyclic) bond motifs is 1. The SMILES string of the molecule is CCOc1ccccc1CC1(N)N=C(N2CCOCC2)Nc2ccccc21. The van der Waals surface area contributed by atoms with Crippen molar-refractivity contribution in [2.24, 2.45) is 10.7 Å². The van der Waals surface area contributed by atoms with Gasteiger partial charge in [-0.2, -0.15) is 0 Å². The van der Waals surface area contributed by atoms with Crippen LogP contribution in [0.5, 0.6) is 5.75 Å². The molecule has 1 saturated heterocycles. The molecule has 4 rings (SSSR count). The van der Waals surface area contributed by atoms with Gasteiger partial charge in [0.1, 0.15) is 11.4 Å². The maximum Gasteiger partial charge on any atom is 0.200 e. The number of para-hydroxylation sites is 2. The molecule has 6 heteroatoms. The molecular formula is C21H26N4O2. The van der Waals surface area contributed by atoms with Gasteiger partial charge in [-0.3, -0.25) is 0 Å². The average molecular weight is 366 g/mol. The molecule has 0 aromatic heterocycles. The minimum absolute atomic E-state index is 0.565. The van der Waals surface area contributed by atoms with Crippen LogP contribution >= 0.6 is 0 Å². The van der Waals surface area contributed by atoms with Crippen molar-refractivity contribution in [2.75, 3.05) is 38.2 Å². The van der Waals surface area contributed by atoms with Gasteiger partial charge in [0.2, 0.25) is 5.96 Å². The smallest absolute Gasteiger partial charge is 0.200 e. The molecule has 0 saturated carbocycles. The van der Waals surface area contributed by atoms with Crippen molar-refractivity contribution in [1.29, 1.82) is 0 Å². The minimum atomic E-state index is -0.858. The van der Waals surface area contributed by atoms with Crippen molar-refractivity contribution >= 4 is 11.6 Å². The van der Waals surface area contributed by atoms with E-state index in [1.807, 2.05) is 43.3 Å². The van der Waals surface area contributed by atoms with Crippen LogP contribution < -0.4 is 15.8 Å². The Balaban J connectivity index is 1.72. The van der Waals surface area contributed by atoms with Gasteiger partial charge in [-0.05, 0) is 24.6 Å². The first kappa shape index (κ1) is 17.8. The van der Waals surface area contributed by atoms with Gasteiger partial charge in [-0.1, -0.05) is 36.4 Å². The molecule has 0 spiro atoms. The first-order valence-corrected chi connectivity index (χ1v) is 9.48. The molecule has 0 radical (unpaired) electrons. The summed E-state index contributed by atoms with van der Waals surface area (Å²) in [6, 6.07) is 16.2.